The quantitative estimate of drug-likeness (QED) is 0.647. The normalized spacial score (nSPS) is 9.08. The van der Waals surface area contributed by atoms with E-state index in [0.717, 1.165) is 11.4 Å². The molecule has 0 amide bonds. The largest absolute Gasteiger partial charge is 0.497 e. The maximum Gasteiger partial charge on any atom is 0.119 e. The minimum Gasteiger partial charge on any atom is -0.497 e. The molecule has 0 aliphatic rings. The predicted octanol–water partition coefficient (Wildman–Crippen LogP) is 1.76. The molecule has 0 aliphatic heterocycles. The zero-order valence-electron chi connectivity index (χ0n) is 8.03. The topological polar surface area (TPSA) is 61.3 Å². The lowest BCUT2D eigenvalue weighted by Gasteiger charge is -1.97. The van der Waals surface area contributed by atoms with Crippen LogP contribution in [0.5, 0.6) is 5.75 Å². The average Bonchev–Trinajstić information content (AvgIpc) is 2.19. The van der Waals surface area contributed by atoms with Crippen molar-refractivity contribution in [2.24, 2.45) is 5.73 Å². The van der Waals surface area contributed by atoms with E-state index in [2.05, 4.69) is 0 Å². The fraction of sp³-hybridized carbons (Fsp3) is 0.200. The summed E-state index contributed by atoms with van der Waals surface area (Å²) in [6.45, 7) is 1.88. The molecule has 3 nitrogen and oxygen atoms in total. The minimum absolute atomic E-state index is 0.760. The van der Waals surface area contributed by atoms with E-state index in [9.17, 15) is 0 Å². The second kappa shape index (κ2) is 7.03. The number of methoxy groups -OCH3 is 1. The Morgan fingerprint density at radius 1 is 1.23 bits per heavy atom. The van der Waals surface area contributed by atoms with Crippen LogP contribution in [0.25, 0.3) is 0 Å². The molecule has 3 heteroatoms. The van der Waals surface area contributed by atoms with Crippen molar-refractivity contribution in [3.05, 3.63) is 36.5 Å². The maximum absolute atomic E-state index is 5.43. The zero-order chi connectivity index (χ0) is 10.1. The van der Waals surface area contributed by atoms with Gasteiger partial charge in [0.2, 0.25) is 0 Å². The number of nitrogen functional groups attached to an aromatic ring is 1. The molecule has 0 bridgehead atoms. The Balaban J connectivity index is 0.000000310. The first-order valence-corrected chi connectivity index (χ1v) is 3.97. The number of benzene rings is 1. The molecule has 0 saturated carbocycles. The van der Waals surface area contributed by atoms with Crippen LogP contribution >= 0.6 is 0 Å². The molecule has 0 aromatic heterocycles. The summed E-state index contributed by atoms with van der Waals surface area (Å²) in [5.74, 6) is 0.837. The van der Waals surface area contributed by atoms with Gasteiger partial charge in [-0.1, -0.05) is 6.08 Å². The predicted molar refractivity (Wildman–Crippen MR) is 56.4 cm³/mol. The van der Waals surface area contributed by atoms with Crippen LogP contribution in [0.1, 0.15) is 6.92 Å². The first-order valence-electron chi connectivity index (χ1n) is 3.97. The van der Waals surface area contributed by atoms with Gasteiger partial charge in [0.15, 0.2) is 0 Å². The van der Waals surface area contributed by atoms with Crippen molar-refractivity contribution < 1.29 is 4.74 Å². The number of nitrogens with two attached hydrogens (primary N) is 2. The molecule has 0 heterocycles. The van der Waals surface area contributed by atoms with Gasteiger partial charge in [0, 0.05) is 5.69 Å². The van der Waals surface area contributed by atoms with E-state index in [1.807, 2.05) is 19.1 Å². The second-order valence-electron chi connectivity index (χ2n) is 2.30. The molecule has 0 atom stereocenters. The van der Waals surface area contributed by atoms with Gasteiger partial charge >= 0.3 is 0 Å². The molecule has 72 valence electrons. The second-order valence-corrected chi connectivity index (χ2v) is 2.30. The van der Waals surface area contributed by atoms with Crippen molar-refractivity contribution in [2.45, 2.75) is 6.92 Å². The number of ether oxygens (including phenoxy) is 1. The molecule has 1 aromatic rings. The lowest BCUT2D eigenvalue weighted by molar-refractivity contribution is 0.415. The Morgan fingerprint density at radius 2 is 1.69 bits per heavy atom. The van der Waals surface area contributed by atoms with Crippen LogP contribution in [-0.4, -0.2) is 7.11 Å². The fourth-order valence-corrected chi connectivity index (χ4v) is 0.604. The average molecular weight is 180 g/mol. The van der Waals surface area contributed by atoms with Crippen molar-refractivity contribution >= 4 is 5.69 Å². The van der Waals surface area contributed by atoms with Crippen molar-refractivity contribution in [3.63, 3.8) is 0 Å². The van der Waals surface area contributed by atoms with E-state index in [0.29, 0.717) is 0 Å². The number of hydrogen-bond acceptors (Lipinski definition) is 3. The van der Waals surface area contributed by atoms with Gasteiger partial charge < -0.3 is 16.2 Å². The van der Waals surface area contributed by atoms with Gasteiger partial charge in [-0.2, -0.15) is 0 Å². The van der Waals surface area contributed by atoms with E-state index < -0.39 is 0 Å². The van der Waals surface area contributed by atoms with Crippen LogP contribution in [0.2, 0.25) is 0 Å². The van der Waals surface area contributed by atoms with Crippen molar-refractivity contribution in [2.75, 3.05) is 12.8 Å². The summed E-state index contributed by atoms with van der Waals surface area (Å²) in [5, 5.41) is 0. The van der Waals surface area contributed by atoms with E-state index >= 15 is 0 Å². The summed E-state index contributed by atoms with van der Waals surface area (Å²) >= 11 is 0. The van der Waals surface area contributed by atoms with Crippen molar-refractivity contribution in [3.8, 4) is 5.75 Å². The van der Waals surface area contributed by atoms with Gasteiger partial charge in [-0.3, -0.25) is 0 Å². The lowest BCUT2D eigenvalue weighted by Crippen LogP contribution is -1.84. The third-order valence-corrected chi connectivity index (χ3v) is 1.31. The van der Waals surface area contributed by atoms with Crippen LogP contribution in [0.3, 0.4) is 0 Å². The molecule has 0 spiro atoms. The van der Waals surface area contributed by atoms with Gasteiger partial charge in [-0.25, -0.2) is 0 Å². The monoisotopic (exact) mass is 180 g/mol. The van der Waals surface area contributed by atoms with Gasteiger partial charge in [-0.05, 0) is 37.4 Å². The highest BCUT2D eigenvalue weighted by molar-refractivity contribution is 5.41. The Bertz CT molecular complexity index is 238. The summed E-state index contributed by atoms with van der Waals surface area (Å²) in [5.41, 5.74) is 11.0. The fourth-order valence-electron chi connectivity index (χ4n) is 0.604. The Hall–Kier alpha value is -1.64. The molecule has 1 rings (SSSR count). The molecule has 0 radical (unpaired) electrons. The highest BCUT2D eigenvalue weighted by Gasteiger charge is 1.86. The van der Waals surface area contributed by atoms with Crippen molar-refractivity contribution in [1.29, 1.82) is 0 Å². The summed E-state index contributed by atoms with van der Waals surface area (Å²) < 4.78 is 4.91. The van der Waals surface area contributed by atoms with Crippen LogP contribution in [0.4, 0.5) is 5.69 Å². The van der Waals surface area contributed by atoms with Crippen LogP contribution in [-0.2, 0) is 0 Å². The third-order valence-electron chi connectivity index (χ3n) is 1.31. The van der Waals surface area contributed by atoms with Crippen molar-refractivity contribution in [1.82, 2.24) is 0 Å². The van der Waals surface area contributed by atoms with E-state index in [4.69, 9.17) is 16.2 Å². The third kappa shape index (κ3) is 5.61. The van der Waals surface area contributed by atoms with Gasteiger partial charge in [0.1, 0.15) is 5.75 Å². The van der Waals surface area contributed by atoms with Gasteiger partial charge in [0.25, 0.3) is 0 Å². The number of allylic oxidation sites excluding steroid dienone is 1. The summed E-state index contributed by atoms with van der Waals surface area (Å²) in [6, 6.07) is 7.27. The standard InChI is InChI=1S/C7H9NO.C3H7N/c1-9-7-4-2-6(8)3-5-7;1-2-3-4/h2-5H,8H2,1H3;2-3H,4H2,1H3/b;3-2+. The highest BCUT2D eigenvalue weighted by atomic mass is 16.5. The van der Waals surface area contributed by atoms with Crippen LogP contribution in [0.15, 0.2) is 36.5 Å². The summed E-state index contributed by atoms with van der Waals surface area (Å²) in [7, 11) is 1.63. The van der Waals surface area contributed by atoms with Gasteiger partial charge in [-0.15, -0.1) is 0 Å². The Kier molecular flexibility index (Phi) is 6.15. The number of anilines is 1. The molecular formula is C10H16N2O. The van der Waals surface area contributed by atoms with E-state index in [-0.39, 0.29) is 0 Å². The maximum atomic E-state index is 5.43. The molecule has 1 aromatic carbocycles. The molecule has 13 heavy (non-hydrogen) atoms. The smallest absolute Gasteiger partial charge is 0.119 e. The van der Waals surface area contributed by atoms with E-state index in [1.54, 1.807) is 25.3 Å². The van der Waals surface area contributed by atoms with E-state index in [1.165, 1.54) is 6.20 Å². The molecular weight excluding hydrogens is 164 g/mol. The Labute approximate surface area is 79.0 Å². The van der Waals surface area contributed by atoms with Gasteiger partial charge in [0.05, 0.1) is 7.11 Å². The first kappa shape index (κ1) is 11.4. The molecule has 4 N–H and O–H groups in total. The SMILES string of the molecule is C/C=C/N.COc1ccc(N)cc1. The Morgan fingerprint density at radius 3 is 2.00 bits per heavy atom. The highest BCUT2D eigenvalue weighted by Crippen LogP contribution is 2.11. The number of hydrogen-bond donors (Lipinski definition) is 2. The summed E-state index contributed by atoms with van der Waals surface area (Å²) in [6.07, 6.45) is 3.28. The zero-order valence-corrected chi connectivity index (χ0v) is 8.03. The number of rotatable bonds is 1. The summed E-state index contributed by atoms with van der Waals surface area (Å²) in [4.78, 5) is 0. The van der Waals surface area contributed by atoms with Crippen LogP contribution in [0, 0.1) is 0 Å². The molecule has 0 fully saturated rings. The first-order chi connectivity index (χ1) is 6.24. The lowest BCUT2D eigenvalue weighted by atomic mass is 10.3. The molecule has 0 unspecified atom stereocenters. The molecule has 0 aliphatic carbocycles. The molecule has 0 saturated heterocycles. The van der Waals surface area contributed by atoms with Crippen LogP contribution < -0.4 is 16.2 Å². The minimum atomic E-state index is 0.760.